The summed E-state index contributed by atoms with van der Waals surface area (Å²) in [6, 6.07) is 18.0. The van der Waals surface area contributed by atoms with Crippen LogP contribution < -0.4 is 20.1 Å². The zero-order valence-corrected chi connectivity index (χ0v) is 22.9. The lowest BCUT2D eigenvalue weighted by Gasteiger charge is -2.14. The van der Waals surface area contributed by atoms with Gasteiger partial charge in [0.25, 0.3) is 11.8 Å². The van der Waals surface area contributed by atoms with Crippen LogP contribution >= 0.6 is 15.9 Å². The van der Waals surface area contributed by atoms with Crippen LogP contribution in [-0.4, -0.2) is 36.0 Å². The molecule has 0 aliphatic carbocycles. The second-order valence-electron chi connectivity index (χ2n) is 8.82. The largest absolute Gasteiger partial charge is 0.490 e. The Hall–Kier alpha value is -4.11. The van der Waals surface area contributed by atoms with Gasteiger partial charge in [0.1, 0.15) is 5.70 Å². The maximum Gasteiger partial charge on any atom is 0.329 e. The predicted octanol–water partition coefficient (Wildman–Crippen LogP) is 5.58. The number of anilines is 1. The van der Waals surface area contributed by atoms with Crippen molar-refractivity contribution >= 4 is 45.5 Å². The van der Waals surface area contributed by atoms with Crippen molar-refractivity contribution in [2.24, 2.45) is 0 Å². The Kier molecular flexibility index (Phi) is 8.48. The lowest BCUT2D eigenvalue weighted by atomic mass is 10.1. The van der Waals surface area contributed by atoms with Crippen molar-refractivity contribution in [3.05, 3.63) is 93.1 Å². The van der Waals surface area contributed by atoms with E-state index in [4.69, 9.17) is 9.47 Å². The summed E-state index contributed by atoms with van der Waals surface area (Å²) in [4.78, 5) is 39.1. The Balaban J connectivity index is 1.48. The van der Waals surface area contributed by atoms with E-state index in [1.807, 2.05) is 69.3 Å². The Morgan fingerprint density at radius 3 is 2.26 bits per heavy atom. The van der Waals surface area contributed by atoms with Gasteiger partial charge >= 0.3 is 6.03 Å². The standard InChI is InChI=1S/C29H28BrN3O5/c1-4-37-25-14-21(13-24-28(35)33(29(36)32-24)16-20-9-5-18(2)6-10-20)23(30)15-26(25)38-17-27(34)31-22-11-7-19(3)8-12-22/h5-15H,4,16-17H2,1-3H3,(H,31,34)(H,32,36)/b24-13+. The number of nitrogens with one attached hydrogen (secondary N) is 2. The van der Waals surface area contributed by atoms with E-state index in [9.17, 15) is 14.4 Å². The number of halogens is 1. The zero-order chi connectivity index (χ0) is 27.2. The molecule has 9 heteroatoms. The molecule has 0 radical (unpaired) electrons. The van der Waals surface area contributed by atoms with Gasteiger partial charge < -0.3 is 20.1 Å². The molecule has 0 saturated carbocycles. The third kappa shape index (κ3) is 6.60. The molecular formula is C29H28BrN3O5. The number of rotatable bonds is 9. The van der Waals surface area contributed by atoms with Gasteiger partial charge in [-0.25, -0.2) is 4.79 Å². The zero-order valence-electron chi connectivity index (χ0n) is 21.3. The summed E-state index contributed by atoms with van der Waals surface area (Å²) in [5, 5.41) is 5.44. The second-order valence-corrected chi connectivity index (χ2v) is 9.68. The molecule has 0 unspecified atom stereocenters. The Bertz CT molecular complexity index is 1380. The third-order valence-electron chi connectivity index (χ3n) is 5.78. The third-order valence-corrected chi connectivity index (χ3v) is 6.47. The number of nitrogens with zero attached hydrogens (tertiary/aromatic N) is 1. The summed E-state index contributed by atoms with van der Waals surface area (Å²) in [5.74, 6) is 0.0294. The molecule has 0 aromatic heterocycles. The molecule has 0 spiro atoms. The van der Waals surface area contributed by atoms with Crippen LogP contribution in [-0.2, 0) is 16.1 Å². The molecule has 38 heavy (non-hydrogen) atoms. The van der Waals surface area contributed by atoms with Crippen molar-refractivity contribution in [3.8, 4) is 11.5 Å². The highest BCUT2D eigenvalue weighted by atomic mass is 79.9. The van der Waals surface area contributed by atoms with E-state index in [0.717, 1.165) is 21.6 Å². The monoisotopic (exact) mass is 577 g/mol. The van der Waals surface area contributed by atoms with Gasteiger partial charge in [0, 0.05) is 10.2 Å². The highest BCUT2D eigenvalue weighted by Gasteiger charge is 2.33. The molecule has 4 rings (SSSR count). The maximum atomic E-state index is 13.0. The van der Waals surface area contributed by atoms with Crippen molar-refractivity contribution in [2.45, 2.75) is 27.3 Å². The summed E-state index contributed by atoms with van der Waals surface area (Å²) in [7, 11) is 0. The highest BCUT2D eigenvalue weighted by molar-refractivity contribution is 9.10. The van der Waals surface area contributed by atoms with Crippen LogP contribution in [0.1, 0.15) is 29.2 Å². The first-order valence-corrected chi connectivity index (χ1v) is 12.9. The summed E-state index contributed by atoms with van der Waals surface area (Å²) < 4.78 is 12.1. The number of hydrogen-bond acceptors (Lipinski definition) is 5. The van der Waals surface area contributed by atoms with Crippen LogP contribution in [0.15, 0.2) is 70.8 Å². The summed E-state index contributed by atoms with van der Waals surface area (Å²) in [5.41, 5.74) is 4.48. The quantitative estimate of drug-likeness (QED) is 0.256. The van der Waals surface area contributed by atoms with Gasteiger partial charge in [-0.05, 0) is 62.2 Å². The molecule has 1 saturated heterocycles. The number of carbonyl (C=O) groups is 3. The number of amides is 4. The van der Waals surface area contributed by atoms with Gasteiger partial charge in [-0.3, -0.25) is 14.5 Å². The van der Waals surface area contributed by atoms with Gasteiger partial charge in [-0.1, -0.05) is 63.5 Å². The predicted molar refractivity (Wildman–Crippen MR) is 149 cm³/mol. The van der Waals surface area contributed by atoms with E-state index in [1.165, 1.54) is 0 Å². The molecule has 8 nitrogen and oxygen atoms in total. The van der Waals surface area contributed by atoms with Crippen molar-refractivity contribution < 1.29 is 23.9 Å². The molecule has 0 atom stereocenters. The van der Waals surface area contributed by atoms with Gasteiger partial charge in [0.05, 0.1) is 13.2 Å². The maximum absolute atomic E-state index is 13.0. The van der Waals surface area contributed by atoms with E-state index < -0.39 is 11.9 Å². The Labute approximate surface area is 229 Å². The fraction of sp³-hybridized carbons (Fsp3) is 0.207. The number of carbonyl (C=O) groups excluding carboxylic acids is 3. The van der Waals surface area contributed by atoms with Crippen LogP contribution in [0.5, 0.6) is 11.5 Å². The number of ether oxygens (including phenoxy) is 2. The molecule has 1 aliphatic heterocycles. The molecule has 1 heterocycles. The summed E-state index contributed by atoms with van der Waals surface area (Å²) in [6.07, 6.45) is 1.58. The fourth-order valence-electron chi connectivity index (χ4n) is 3.77. The van der Waals surface area contributed by atoms with E-state index in [1.54, 1.807) is 18.2 Å². The molecule has 196 valence electrons. The topological polar surface area (TPSA) is 97.0 Å². The number of hydrogen-bond donors (Lipinski definition) is 2. The second kappa shape index (κ2) is 12.0. The first-order valence-electron chi connectivity index (χ1n) is 12.1. The minimum atomic E-state index is -0.484. The first-order chi connectivity index (χ1) is 18.2. The number of urea groups is 1. The van der Waals surface area contributed by atoms with Crippen LogP contribution in [0.25, 0.3) is 6.08 Å². The van der Waals surface area contributed by atoms with Crippen molar-refractivity contribution in [1.29, 1.82) is 0 Å². The van der Waals surface area contributed by atoms with E-state index in [0.29, 0.717) is 33.8 Å². The van der Waals surface area contributed by atoms with Gasteiger partial charge in [0.2, 0.25) is 0 Å². The molecule has 2 N–H and O–H groups in total. The molecule has 0 bridgehead atoms. The fourth-order valence-corrected chi connectivity index (χ4v) is 4.20. The van der Waals surface area contributed by atoms with Crippen LogP contribution in [0.4, 0.5) is 10.5 Å². The van der Waals surface area contributed by atoms with Crippen LogP contribution in [0.2, 0.25) is 0 Å². The minimum Gasteiger partial charge on any atom is -0.490 e. The van der Waals surface area contributed by atoms with Gasteiger partial charge in [-0.15, -0.1) is 0 Å². The lowest BCUT2D eigenvalue weighted by molar-refractivity contribution is -0.123. The van der Waals surface area contributed by atoms with Gasteiger partial charge in [-0.2, -0.15) is 0 Å². The van der Waals surface area contributed by atoms with E-state index in [2.05, 4.69) is 26.6 Å². The first kappa shape index (κ1) is 26.9. The molecule has 1 fully saturated rings. The smallest absolute Gasteiger partial charge is 0.329 e. The molecule has 3 aromatic rings. The Morgan fingerprint density at radius 2 is 1.61 bits per heavy atom. The van der Waals surface area contributed by atoms with Crippen LogP contribution in [0, 0.1) is 13.8 Å². The van der Waals surface area contributed by atoms with Crippen molar-refractivity contribution in [3.63, 3.8) is 0 Å². The average molecular weight is 578 g/mol. The number of imide groups is 1. The number of benzene rings is 3. The summed E-state index contributed by atoms with van der Waals surface area (Å²) in [6.45, 7) is 6.10. The molecule has 1 aliphatic rings. The normalized spacial score (nSPS) is 14.0. The SMILES string of the molecule is CCOc1cc(/C=C2/NC(=O)N(Cc3ccc(C)cc3)C2=O)c(Br)cc1OCC(=O)Nc1ccc(C)cc1. The molecular weight excluding hydrogens is 550 g/mol. The summed E-state index contributed by atoms with van der Waals surface area (Å²) >= 11 is 3.50. The van der Waals surface area contributed by atoms with Crippen molar-refractivity contribution in [2.75, 3.05) is 18.5 Å². The number of aryl methyl sites for hydroxylation is 2. The van der Waals surface area contributed by atoms with E-state index >= 15 is 0 Å². The van der Waals surface area contributed by atoms with Crippen molar-refractivity contribution in [1.82, 2.24) is 10.2 Å². The van der Waals surface area contributed by atoms with Crippen LogP contribution in [0.3, 0.4) is 0 Å². The Morgan fingerprint density at radius 1 is 0.974 bits per heavy atom. The average Bonchev–Trinajstić information content (AvgIpc) is 3.15. The van der Waals surface area contributed by atoms with Gasteiger partial charge in [0.15, 0.2) is 18.1 Å². The highest BCUT2D eigenvalue weighted by Crippen LogP contribution is 2.35. The lowest BCUT2D eigenvalue weighted by Crippen LogP contribution is -2.30. The van der Waals surface area contributed by atoms with E-state index in [-0.39, 0.29) is 24.8 Å². The minimum absolute atomic E-state index is 0.149. The molecule has 4 amide bonds. The molecule has 3 aromatic carbocycles.